The Morgan fingerprint density at radius 1 is 1.47 bits per heavy atom. The van der Waals surface area contributed by atoms with Crippen molar-refractivity contribution in [3.8, 4) is 0 Å². The Morgan fingerprint density at radius 3 is 2.88 bits per heavy atom. The first-order chi connectivity index (χ1) is 8.08. The first-order valence-electron chi connectivity index (χ1n) is 5.43. The number of hydrogen-bond acceptors (Lipinski definition) is 3. The van der Waals surface area contributed by atoms with Gasteiger partial charge in [-0.15, -0.1) is 5.10 Å². The zero-order valence-corrected chi connectivity index (χ0v) is 10.6. The molecule has 0 radical (unpaired) electrons. The van der Waals surface area contributed by atoms with Gasteiger partial charge in [0, 0.05) is 30.7 Å². The van der Waals surface area contributed by atoms with Crippen molar-refractivity contribution in [3.05, 3.63) is 46.2 Å². The molecule has 17 heavy (non-hydrogen) atoms. The van der Waals surface area contributed by atoms with Crippen molar-refractivity contribution in [1.82, 2.24) is 15.0 Å². The van der Waals surface area contributed by atoms with E-state index in [0.29, 0.717) is 6.42 Å². The highest BCUT2D eigenvalue weighted by molar-refractivity contribution is 6.32. The lowest BCUT2D eigenvalue weighted by Gasteiger charge is -2.13. The Labute approximate surface area is 105 Å². The highest BCUT2D eigenvalue weighted by atomic mass is 35.5. The summed E-state index contributed by atoms with van der Waals surface area (Å²) in [5.74, 6) is 0. The summed E-state index contributed by atoms with van der Waals surface area (Å²) in [6.07, 6.45) is 2.50. The first-order valence-corrected chi connectivity index (χ1v) is 5.81. The SMILES string of the molecule is Cc1cccc(C(N)Cc2cn(C)nn2)c1Cl. The van der Waals surface area contributed by atoms with Gasteiger partial charge in [0.1, 0.15) is 0 Å². The van der Waals surface area contributed by atoms with Crippen molar-refractivity contribution >= 4 is 11.6 Å². The maximum atomic E-state index is 6.24. The fraction of sp³-hybridized carbons (Fsp3) is 0.333. The second-order valence-electron chi connectivity index (χ2n) is 4.17. The van der Waals surface area contributed by atoms with Gasteiger partial charge < -0.3 is 5.73 Å². The Morgan fingerprint density at radius 2 is 2.24 bits per heavy atom. The van der Waals surface area contributed by atoms with Crippen LogP contribution in [0.1, 0.15) is 22.9 Å². The van der Waals surface area contributed by atoms with E-state index in [9.17, 15) is 0 Å². The second kappa shape index (κ2) is 4.85. The van der Waals surface area contributed by atoms with Crippen LogP contribution in [0.4, 0.5) is 0 Å². The quantitative estimate of drug-likeness (QED) is 0.907. The molecular weight excluding hydrogens is 236 g/mol. The van der Waals surface area contributed by atoms with Gasteiger partial charge in [-0.1, -0.05) is 35.0 Å². The first kappa shape index (κ1) is 12.1. The van der Waals surface area contributed by atoms with E-state index < -0.39 is 0 Å². The lowest BCUT2D eigenvalue weighted by atomic mass is 10.0. The summed E-state index contributed by atoms with van der Waals surface area (Å²) < 4.78 is 1.67. The van der Waals surface area contributed by atoms with Crippen LogP contribution in [0.5, 0.6) is 0 Å². The molecule has 0 saturated heterocycles. The van der Waals surface area contributed by atoms with Crippen molar-refractivity contribution in [2.75, 3.05) is 0 Å². The molecule has 4 nitrogen and oxygen atoms in total. The summed E-state index contributed by atoms with van der Waals surface area (Å²) >= 11 is 6.24. The molecule has 1 heterocycles. The fourth-order valence-corrected chi connectivity index (χ4v) is 2.05. The van der Waals surface area contributed by atoms with Gasteiger partial charge in [-0.3, -0.25) is 4.68 Å². The number of halogens is 1. The number of aryl methyl sites for hydroxylation is 2. The number of nitrogens with zero attached hydrogens (tertiary/aromatic N) is 3. The Hall–Kier alpha value is -1.39. The Bertz CT molecular complexity index is 521. The summed E-state index contributed by atoms with van der Waals surface area (Å²) in [5, 5.41) is 8.64. The van der Waals surface area contributed by atoms with Gasteiger partial charge in [0.15, 0.2) is 0 Å². The van der Waals surface area contributed by atoms with Crippen molar-refractivity contribution in [1.29, 1.82) is 0 Å². The van der Waals surface area contributed by atoms with Crippen LogP contribution >= 0.6 is 11.6 Å². The molecule has 1 unspecified atom stereocenters. The Kier molecular flexibility index (Phi) is 3.45. The summed E-state index contributed by atoms with van der Waals surface area (Å²) in [6.45, 7) is 1.97. The number of nitrogens with two attached hydrogens (primary N) is 1. The highest BCUT2D eigenvalue weighted by Crippen LogP contribution is 2.26. The smallest absolute Gasteiger partial charge is 0.0845 e. The molecule has 1 atom stereocenters. The zero-order chi connectivity index (χ0) is 12.4. The average molecular weight is 251 g/mol. The lowest BCUT2D eigenvalue weighted by Crippen LogP contribution is -2.14. The third kappa shape index (κ3) is 2.65. The Balaban J connectivity index is 2.20. The third-order valence-electron chi connectivity index (χ3n) is 2.70. The molecule has 0 aliphatic rings. The van der Waals surface area contributed by atoms with E-state index >= 15 is 0 Å². The summed E-state index contributed by atoms with van der Waals surface area (Å²) in [7, 11) is 1.83. The highest BCUT2D eigenvalue weighted by Gasteiger charge is 2.13. The van der Waals surface area contributed by atoms with E-state index in [1.807, 2.05) is 38.4 Å². The van der Waals surface area contributed by atoms with Crippen LogP contribution in [-0.4, -0.2) is 15.0 Å². The van der Waals surface area contributed by atoms with Crippen LogP contribution < -0.4 is 5.73 Å². The number of benzene rings is 1. The van der Waals surface area contributed by atoms with E-state index in [1.165, 1.54) is 0 Å². The number of rotatable bonds is 3. The minimum Gasteiger partial charge on any atom is -0.324 e. The lowest BCUT2D eigenvalue weighted by molar-refractivity contribution is 0.693. The van der Waals surface area contributed by atoms with E-state index in [-0.39, 0.29) is 6.04 Å². The van der Waals surface area contributed by atoms with E-state index in [1.54, 1.807) is 4.68 Å². The van der Waals surface area contributed by atoms with E-state index in [2.05, 4.69) is 10.3 Å². The van der Waals surface area contributed by atoms with Crippen LogP contribution in [0, 0.1) is 6.92 Å². The van der Waals surface area contributed by atoms with Crippen molar-refractivity contribution in [3.63, 3.8) is 0 Å². The second-order valence-corrected chi connectivity index (χ2v) is 4.55. The number of hydrogen-bond donors (Lipinski definition) is 1. The number of aromatic nitrogens is 3. The molecular formula is C12H15ClN4. The maximum absolute atomic E-state index is 6.24. The average Bonchev–Trinajstić information content (AvgIpc) is 2.68. The molecule has 1 aromatic carbocycles. The summed E-state index contributed by atoms with van der Waals surface area (Å²) in [4.78, 5) is 0. The molecule has 5 heteroatoms. The third-order valence-corrected chi connectivity index (χ3v) is 3.22. The summed E-state index contributed by atoms with van der Waals surface area (Å²) in [6, 6.07) is 5.74. The van der Waals surface area contributed by atoms with Crippen LogP contribution in [0.2, 0.25) is 5.02 Å². The van der Waals surface area contributed by atoms with E-state index in [0.717, 1.165) is 21.8 Å². The standard InChI is InChI=1S/C12H15ClN4/c1-8-4-3-5-10(12(8)13)11(14)6-9-7-17(2)16-15-9/h3-5,7,11H,6,14H2,1-2H3. The van der Waals surface area contributed by atoms with Crippen LogP contribution in [0.15, 0.2) is 24.4 Å². The predicted molar refractivity (Wildman–Crippen MR) is 67.8 cm³/mol. The van der Waals surface area contributed by atoms with Gasteiger partial charge in [0.25, 0.3) is 0 Å². The molecule has 1 aromatic heterocycles. The normalized spacial score (nSPS) is 12.7. The van der Waals surface area contributed by atoms with Gasteiger partial charge >= 0.3 is 0 Å². The van der Waals surface area contributed by atoms with Crippen molar-refractivity contribution in [2.45, 2.75) is 19.4 Å². The molecule has 2 N–H and O–H groups in total. The molecule has 0 fully saturated rings. The van der Waals surface area contributed by atoms with Crippen LogP contribution in [0.3, 0.4) is 0 Å². The minimum absolute atomic E-state index is 0.154. The maximum Gasteiger partial charge on any atom is 0.0845 e. The molecule has 0 aliphatic carbocycles. The van der Waals surface area contributed by atoms with Crippen LogP contribution in [0.25, 0.3) is 0 Å². The molecule has 0 bridgehead atoms. The molecule has 2 aromatic rings. The molecule has 0 aliphatic heterocycles. The fourth-order valence-electron chi connectivity index (χ4n) is 1.78. The van der Waals surface area contributed by atoms with Crippen molar-refractivity contribution in [2.24, 2.45) is 12.8 Å². The van der Waals surface area contributed by atoms with Gasteiger partial charge in [0.2, 0.25) is 0 Å². The molecule has 0 amide bonds. The van der Waals surface area contributed by atoms with Gasteiger partial charge in [0.05, 0.1) is 5.69 Å². The summed E-state index contributed by atoms with van der Waals surface area (Å²) in [5.41, 5.74) is 9.01. The minimum atomic E-state index is -0.154. The molecule has 0 spiro atoms. The van der Waals surface area contributed by atoms with Crippen molar-refractivity contribution < 1.29 is 0 Å². The van der Waals surface area contributed by atoms with Gasteiger partial charge in [-0.2, -0.15) is 0 Å². The molecule has 90 valence electrons. The van der Waals surface area contributed by atoms with Gasteiger partial charge in [-0.25, -0.2) is 0 Å². The molecule has 0 saturated carbocycles. The molecule has 2 rings (SSSR count). The predicted octanol–water partition coefficient (Wildman–Crippen LogP) is 2.02. The van der Waals surface area contributed by atoms with Crippen LogP contribution in [-0.2, 0) is 13.5 Å². The van der Waals surface area contributed by atoms with E-state index in [4.69, 9.17) is 17.3 Å². The van der Waals surface area contributed by atoms with Gasteiger partial charge in [-0.05, 0) is 18.1 Å². The zero-order valence-electron chi connectivity index (χ0n) is 9.89. The monoisotopic (exact) mass is 250 g/mol. The topological polar surface area (TPSA) is 56.7 Å². The largest absolute Gasteiger partial charge is 0.324 e.